The summed E-state index contributed by atoms with van der Waals surface area (Å²) >= 11 is 6.08. The number of halogens is 1. The lowest BCUT2D eigenvalue weighted by Gasteiger charge is -2.13. The molecule has 1 unspecified atom stereocenters. The fourth-order valence-corrected chi connectivity index (χ4v) is 2.46. The Morgan fingerprint density at radius 1 is 1.12 bits per heavy atom. The number of amides is 2. The summed E-state index contributed by atoms with van der Waals surface area (Å²) in [5, 5.41) is 6.27. The van der Waals surface area contributed by atoms with Gasteiger partial charge in [0.15, 0.2) is 0 Å². The van der Waals surface area contributed by atoms with E-state index in [0.29, 0.717) is 27.6 Å². The highest BCUT2D eigenvalue weighted by Crippen LogP contribution is 2.31. The first-order valence-corrected chi connectivity index (χ1v) is 8.80. The van der Waals surface area contributed by atoms with Gasteiger partial charge in [-0.3, -0.25) is 9.59 Å². The number of ether oxygens (including phenoxy) is 1. The van der Waals surface area contributed by atoms with Gasteiger partial charge in [0.1, 0.15) is 5.75 Å². The summed E-state index contributed by atoms with van der Waals surface area (Å²) in [6, 6.07) is 10.0. The lowest BCUT2D eigenvalue weighted by atomic mass is 10.1. The van der Waals surface area contributed by atoms with Gasteiger partial charge in [-0.05, 0) is 56.2 Å². The smallest absolute Gasteiger partial charge is 0.255 e. The summed E-state index contributed by atoms with van der Waals surface area (Å²) in [4.78, 5) is 24.6. The number of nitrogens with one attached hydrogen (secondary N) is 2. The van der Waals surface area contributed by atoms with Crippen LogP contribution in [0.2, 0.25) is 5.02 Å². The van der Waals surface area contributed by atoms with Crippen LogP contribution in [0.1, 0.15) is 46.5 Å². The van der Waals surface area contributed by atoms with Crippen molar-refractivity contribution in [1.29, 1.82) is 0 Å². The Hall–Kier alpha value is -2.53. The van der Waals surface area contributed by atoms with Crippen molar-refractivity contribution in [2.45, 2.75) is 33.2 Å². The van der Waals surface area contributed by atoms with Crippen molar-refractivity contribution >= 4 is 29.1 Å². The number of carbonyl (C=O) groups is 2. The Bertz CT molecular complexity index is 803. The average Bonchev–Trinajstić information content (AvgIpc) is 2.64. The van der Waals surface area contributed by atoms with Crippen LogP contribution in [-0.4, -0.2) is 25.0 Å². The second kappa shape index (κ2) is 8.72. The molecule has 26 heavy (non-hydrogen) atoms. The summed E-state index contributed by atoms with van der Waals surface area (Å²) in [6.07, 6.45) is 0.856. The number of methoxy groups -OCH3 is 1. The van der Waals surface area contributed by atoms with Gasteiger partial charge in [-0.1, -0.05) is 18.5 Å². The van der Waals surface area contributed by atoms with Crippen molar-refractivity contribution in [1.82, 2.24) is 5.32 Å². The predicted octanol–water partition coefficient (Wildman–Crippen LogP) is 4.44. The molecule has 0 heterocycles. The molecule has 0 fully saturated rings. The topological polar surface area (TPSA) is 67.4 Å². The van der Waals surface area contributed by atoms with Crippen molar-refractivity contribution in [3.05, 3.63) is 58.1 Å². The van der Waals surface area contributed by atoms with E-state index in [-0.39, 0.29) is 17.9 Å². The lowest BCUT2D eigenvalue weighted by Crippen LogP contribution is -2.31. The molecule has 2 amide bonds. The lowest BCUT2D eigenvalue weighted by molar-refractivity contribution is 0.0937. The van der Waals surface area contributed by atoms with E-state index in [1.165, 1.54) is 7.11 Å². The van der Waals surface area contributed by atoms with Crippen molar-refractivity contribution in [3.63, 3.8) is 0 Å². The van der Waals surface area contributed by atoms with Crippen molar-refractivity contribution < 1.29 is 14.3 Å². The molecule has 0 aliphatic carbocycles. The minimum Gasteiger partial charge on any atom is -0.495 e. The number of aryl methyl sites for hydroxylation is 1. The first-order valence-electron chi connectivity index (χ1n) is 8.42. The number of rotatable bonds is 6. The third-order valence-corrected chi connectivity index (χ3v) is 4.54. The number of hydrogen-bond donors (Lipinski definition) is 2. The molecule has 0 saturated carbocycles. The molecule has 0 radical (unpaired) electrons. The molecule has 1 atom stereocenters. The van der Waals surface area contributed by atoms with Gasteiger partial charge in [-0.2, -0.15) is 0 Å². The molecule has 2 rings (SSSR count). The first kappa shape index (κ1) is 19.8. The van der Waals surface area contributed by atoms with Crippen LogP contribution in [0.15, 0.2) is 36.4 Å². The number of anilines is 1. The maximum Gasteiger partial charge on any atom is 0.255 e. The van der Waals surface area contributed by atoms with Crippen molar-refractivity contribution in [2.75, 3.05) is 12.4 Å². The molecule has 0 saturated heterocycles. The largest absolute Gasteiger partial charge is 0.495 e. The molecule has 0 spiro atoms. The highest BCUT2D eigenvalue weighted by Gasteiger charge is 2.13. The summed E-state index contributed by atoms with van der Waals surface area (Å²) in [5.74, 6) is 0.0405. The van der Waals surface area contributed by atoms with Gasteiger partial charge >= 0.3 is 0 Å². The Labute approximate surface area is 158 Å². The zero-order valence-electron chi connectivity index (χ0n) is 15.4. The number of carbonyl (C=O) groups excluding carboxylic acids is 2. The zero-order valence-corrected chi connectivity index (χ0v) is 16.1. The maximum absolute atomic E-state index is 12.5. The Morgan fingerprint density at radius 3 is 2.23 bits per heavy atom. The van der Waals surface area contributed by atoms with Crippen LogP contribution in [0.3, 0.4) is 0 Å². The van der Waals surface area contributed by atoms with E-state index in [2.05, 4.69) is 10.6 Å². The van der Waals surface area contributed by atoms with Crippen LogP contribution in [0.5, 0.6) is 5.75 Å². The quantitative estimate of drug-likeness (QED) is 0.785. The Morgan fingerprint density at radius 2 is 1.69 bits per heavy atom. The standard InChI is InChI=1S/C20H23ClN2O3/c1-5-13(3)22-19(24)14-6-8-15(9-7-14)20(25)23-17-10-12(2)16(21)11-18(17)26-4/h6-11,13H,5H2,1-4H3,(H,22,24)(H,23,25). The predicted molar refractivity (Wildman–Crippen MR) is 104 cm³/mol. The molecule has 0 bridgehead atoms. The van der Waals surface area contributed by atoms with Gasteiger partial charge in [0.05, 0.1) is 12.8 Å². The number of benzene rings is 2. The summed E-state index contributed by atoms with van der Waals surface area (Å²) in [5.41, 5.74) is 2.33. The van der Waals surface area contributed by atoms with Crippen LogP contribution in [0.25, 0.3) is 0 Å². The average molecular weight is 375 g/mol. The molecule has 2 aromatic rings. The van der Waals surface area contributed by atoms with Gasteiger partial charge in [-0.25, -0.2) is 0 Å². The molecule has 0 aliphatic rings. The summed E-state index contributed by atoms with van der Waals surface area (Å²) in [7, 11) is 1.52. The minimum absolute atomic E-state index is 0.103. The van der Waals surface area contributed by atoms with Crippen LogP contribution in [-0.2, 0) is 0 Å². The molecule has 5 nitrogen and oxygen atoms in total. The fraction of sp³-hybridized carbons (Fsp3) is 0.300. The Kier molecular flexibility index (Phi) is 6.64. The van der Waals surface area contributed by atoms with E-state index in [0.717, 1.165) is 12.0 Å². The van der Waals surface area contributed by atoms with E-state index in [1.807, 2.05) is 20.8 Å². The highest BCUT2D eigenvalue weighted by atomic mass is 35.5. The van der Waals surface area contributed by atoms with Crippen molar-refractivity contribution in [3.8, 4) is 5.75 Å². The van der Waals surface area contributed by atoms with Gasteiger partial charge < -0.3 is 15.4 Å². The van der Waals surface area contributed by atoms with Crippen LogP contribution < -0.4 is 15.4 Å². The van der Waals surface area contributed by atoms with Crippen LogP contribution in [0, 0.1) is 6.92 Å². The first-order chi connectivity index (χ1) is 12.3. The van der Waals surface area contributed by atoms with Gasteiger partial charge in [0, 0.05) is 28.3 Å². The Balaban J connectivity index is 2.14. The molecule has 0 aromatic heterocycles. The zero-order chi connectivity index (χ0) is 19.3. The van der Waals surface area contributed by atoms with E-state index in [1.54, 1.807) is 36.4 Å². The second-order valence-corrected chi connectivity index (χ2v) is 6.52. The van der Waals surface area contributed by atoms with E-state index >= 15 is 0 Å². The molecule has 2 N–H and O–H groups in total. The van der Waals surface area contributed by atoms with Crippen molar-refractivity contribution in [2.24, 2.45) is 0 Å². The second-order valence-electron chi connectivity index (χ2n) is 6.12. The summed E-state index contributed by atoms with van der Waals surface area (Å²) < 4.78 is 5.26. The normalized spacial score (nSPS) is 11.6. The van der Waals surface area contributed by atoms with Gasteiger partial charge in [0.25, 0.3) is 11.8 Å². The molecule has 138 valence electrons. The maximum atomic E-state index is 12.5. The van der Waals surface area contributed by atoms with Gasteiger partial charge in [0.2, 0.25) is 0 Å². The summed E-state index contributed by atoms with van der Waals surface area (Å²) in [6.45, 7) is 5.80. The molecular formula is C20H23ClN2O3. The molecular weight excluding hydrogens is 352 g/mol. The fourth-order valence-electron chi connectivity index (χ4n) is 2.31. The van der Waals surface area contributed by atoms with E-state index < -0.39 is 0 Å². The SMILES string of the molecule is CCC(C)NC(=O)c1ccc(C(=O)Nc2cc(C)c(Cl)cc2OC)cc1. The van der Waals surface area contributed by atoms with Gasteiger partial charge in [-0.15, -0.1) is 0 Å². The monoisotopic (exact) mass is 374 g/mol. The molecule has 6 heteroatoms. The van der Waals surface area contributed by atoms with E-state index in [4.69, 9.17) is 16.3 Å². The highest BCUT2D eigenvalue weighted by molar-refractivity contribution is 6.31. The third kappa shape index (κ3) is 4.76. The third-order valence-electron chi connectivity index (χ3n) is 4.13. The minimum atomic E-state index is -0.293. The van der Waals surface area contributed by atoms with Crippen LogP contribution >= 0.6 is 11.6 Å². The molecule has 0 aliphatic heterocycles. The molecule has 2 aromatic carbocycles. The van der Waals surface area contributed by atoms with E-state index in [9.17, 15) is 9.59 Å². The van der Waals surface area contributed by atoms with Crippen LogP contribution in [0.4, 0.5) is 5.69 Å². The number of hydrogen-bond acceptors (Lipinski definition) is 3.